The van der Waals surface area contributed by atoms with E-state index < -0.39 is 24.5 Å². The lowest BCUT2D eigenvalue weighted by Gasteiger charge is -2.16. The lowest BCUT2D eigenvalue weighted by molar-refractivity contribution is -0.0511. The maximum Gasteiger partial charge on any atom is 0.167 e. The molecule has 0 amide bonds. The third-order valence-corrected chi connectivity index (χ3v) is 5.95. The van der Waals surface area contributed by atoms with Crippen LogP contribution in [0.1, 0.15) is 50.0 Å². The average Bonchev–Trinajstić information content (AvgIpc) is 3.37. The van der Waals surface area contributed by atoms with E-state index >= 15 is 0 Å². The van der Waals surface area contributed by atoms with E-state index in [4.69, 9.17) is 4.74 Å². The zero-order valence-corrected chi connectivity index (χ0v) is 18.3. The Labute approximate surface area is 187 Å². The van der Waals surface area contributed by atoms with Crippen LogP contribution >= 0.6 is 0 Å². The highest BCUT2D eigenvalue weighted by Crippen LogP contribution is 2.32. The molecule has 4 atom stereocenters. The first-order valence-electron chi connectivity index (χ1n) is 11.2. The van der Waals surface area contributed by atoms with E-state index in [1.54, 1.807) is 4.57 Å². The van der Waals surface area contributed by atoms with Gasteiger partial charge in [0.05, 0.1) is 12.9 Å². The van der Waals surface area contributed by atoms with Gasteiger partial charge in [0.2, 0.25) is 0 Å². The molecule has 9 heteroatoms. The summed E-state index contributed by atoms with van der Waals surface area (Å²) in [6.07, 6.45) is 4.94. The van der Waals surface area contributed by atoms with E-state index in [-0.39, 0.29) is 6.61 Å². The molecule has 3 heterocycles. The minimum Gasteiger partial charge on any atom is -0.394 e. The van der Waals surface area contributed by atoms with Crippen LogP contribution in [-0.4, -0.2) is 59.8 Å². The van der Waals surface area contributed by atoms with Crippen LogP contribution in [0.15, 0.2) is 36.9 Å². The Hall–Kier alpha value is -2.59. The summed E-state index contributed by atoms with van der Waals surface area (Å²) in [7, 11) is 0. The third kappa shape index (κ3) is 4.75. The molecule has 0 spiro atoms. The molecule has 0 radical (unpaired) electrons. The van der Waals surface area contributed by atoms with Gasteiger partial charge in [-0.3, -0.25) is 4.57 Å². The average molecular weight is 442 g/mol. The molecular formula is C23H31N5O4. The standard InChI is InChI=1S/C23H31N5O4/c1-2-3-4-5-6-15-7-9-16(10-8-15)11-24-21-18-22(26-13-25-21)28(14-27-18)23-20(31)19(30)17(12-29)32-23/h7-10,13-14,17,19-20,23,29-31H,2-6,11-12H2,1H3,(H,24,25,26)/t17-,19-,20+,23-/m1/s1. The first-order valence-corrected chi connectivity index (χ1v) is 11.2. The molecule has 1 saturated heterocycles. The summed E-state index contributed by atoms with van der Waals surface area (Å²) < 4.78 is 7.16. The summed E-state index contributed by atoms with van der Waals surface area (Å²) in [5, 5.41) is 33.0. The van der Waals surface area contributed by atoms with Crippen LogP contribution in [-0.2, 0) is 17.7 Å². The van der Waals surface area contributed by atoms with Gasteiger partial charge in [0.25, 0.3) is 0 Å². The van der Waals surface area contributed by atoms with Crippen molar-refractivity contribution >= 4 is 17.0 Å². The highest BCUT2D eigenvalue weighted by Gasteiger charge is 2.44. The number of hydrogen-bond acceptors (Lipinski definition) is 8. The van der Waals surface area contributed by atoms with Gasteiger partial charge in [-0.05, 0) is 24.0 Å². The second kappa shape index (κ2) is 10.4. The molecule has 0 saturated carbocycles. The molecule has 9 nitrogen and oxygen atoms in total. The molecule has 4 rings (SSSR count). The Bertz CT molecular complexity index is 1010. The van der Waals surface area contributed by atoms with Gasteiger partial charge in [-0.25, -0.2) is 15.0 Å². The van der Waals surface area contributed by atoms with Crippen molar-refractivity contribution in [3.8, 4) is 0 Å². The first-order chi connectivity index (χ1) is 15.6. The van der Waals surface area contributed by atoms with E-state index in [0.717, 1.165) is 12.0 Å². The van der Waals surface area contributed by atoms with Crippen molar-refractivity contribution in [2.24, 2.45) is 0 Å². The number of aryl methyl sites for hydroxylation is 1. The molecule has 1 fully saturated rings. The molecule has 32 heavy (non-hydrogen) atoms. The minimum atomic E-state index is -1.20. The van der Waals surface area contributed by atoms with Crippen LogP contribution in [0.25, 0.3) is 11.2 Å². The van der Waals surface area contributed by atoms with Crippen LogP contribution in [0.4, 0.5) is 5.82 Å². The van der Waals surface area contributed by atoms with Gasteiger partial charge < -0.3 is 25.4 Å². The molecule has 1 aromatic carbocycles. The molecule has 4 N–H and O–H groups in total. The number of ether oxygens (including phenoxy) is 1. The number of benzene rings is 1. The van der Waals surface area contributed by atoms with Crippen LogP contribution < -0.4 is 5.32 Å². The number of imidazole rings is 1. The number of anilines is 1. The molecule has 0 bridgehead atoms. The summed E-state index contributed by atoms with van der Waals surface area (Å²) in [4.78, 5) is 13.0. The number of unbranched alkanes of at least 4 members (excludes halogenated alkanes) is 3. The fraction of sp³-hybridized carbons (Fsp3) is 0.522. The van der Waals surface area contributed by atoms with E-state index in [2.05, 4.69) is 51.5 Å². The topological polar surface area (TPSA) is 126 Å². The Kier molecular flexibility index (Phi) is 7.31. The maximum absolute atomic E-state index is 10.3. The van der Waals surface area contributed by atoms with Gasteiger partial charge >= 0.3 is 0 Å². The number of aliphatic hydroxyl groups is 3. The molecule has 172 valence electrons. The van der Waals surface area contributed by atoms with E-state index in [1.807, 2.05) is 0 Å². The summed E-state index contributed by atoms with van der Waals surface area (Å²) in [6, 6.07) is 8.60. The molecule has 1 aliphatic rings. The van der Waals surface area contributed by atoms with Crippen molar-refractivity contribution in [3.63, 3.8) is 0 Å². The maximum atomic E-state index is 10.3. The highest BCUT2D eigenvalue weighted by molar-refractivity contribution is 5.82. The summed E-state index contributed by atoms with van der Waals surface area (Å²) in [6.45, 7) is 2.42. The van der Waals surface area contributed by atoms with E-state index in [9.17, 15) is 15.3 Å². The second-order valence-corrected chi connectivity index (χ2v) is 8.26. The first kappa shape index (κ1) is 22.6. The van der Waals surface area contributed by atoms with Crippen LogP contribution in [0.5, 0.6) is 0 Å². The quantitative estimate of drug-likeness (QED) is 0.353. The zero-order valence-electron chi connectivity index (χ0n) is 18.3. The fourth-order valence-electron chi connectivity index (χ4n) is 4.04. The number of nitrogens with zero attached hydrogens (tertiary/aromatic N) is 4. The SMILES string of the molecule is CCCCCCc1ccc(CNc2ncnc3c2ncn3[C@@H]2O[C@H](CO)[C@@H](O)[C@@H]2O)cc1. The van der Waals surface area contributed by atoms with Crippen LogP contribution in [0, 0.1) is 0 Å². The third-order valence-electron chi connectivity index (χ3n) is 5.95. The summed E-state index contributed by atoms with van der Waals surface area (Å²) in [5.74, 6) is 0.573. The van der Waals surface area contributed by atoms with Crippen molar-refractivity contribution in [2.75, 3.05) is 11.9 Å². The molecular weight excluding hydrogens is 410 g/mol. The Morgan fingerprint density at radius 3 is 2.50 bits per heavy atom. The van der Waals surface area contributed by atoms with Crippen molar-refractivity contribution in [3.05, 3.63) is 48.0 Å². The summed E-state index contributed by atoms with van der Waals surface area (Å²) in [5.41, 5.74) is 3.50. The second-order valence-electron chi connectivity index (χ2n) is 8.26. The van der Waals surface area contributed by atoms with Gasteiger partial charge in [-0.2, -0.15) is 0 Å². The predicted octanol–water partition coefficient (Wildman–Crippen LogP) is 2.17. The van der Waals surface area contributed by atoms with Crippen molar-refractivity contribution in [2.45, 2.75) is 70.1 Å². The lowest BCUT2D eigenvalue weighted by atomic mass is 10.0. The van der Waals surface area contributed by atoms with Gasteiger partial charge in [-0.15, -0.1) is 0 Å². The van der Waals surface area contributed by atoms with Crippen molar-refractivity contribution in [1.29, 1.82) is 0 Å². The van der Waals surface area contributed by atoms with Crippen molar-refractivity contribution in [1.82, 2.24) is 19.5 Å². The number of fused-ring (bicyclic) bond motifs is 1. The molecule has 1 aliphatic heterocycles. The van der Waals surface area contributed by atoms with E-state index in [0.29, 0.717) is 23.5 Å². The molecule has 0 unspecified atom stereocenters. The number of nitrogens with one attached hydrogen (secondary N) is 1. The van der Waals surface area contributed by atoms with Gasteiger partial charge in [0, 0.05) is 6.54 Å². The van der Waals surface area contributed by atoms with Crippen LogP contribution in [0.2, 0.25) is 0 Å². The molecule has 3 aromatic rings. The normalized spacial score (nSPS) is 23.1. The Morgan fingerprint density at radius 1 is 1.00 bits per heavy atom. The summed E-state index contributed by atoms with van der Waals surface area (Å²) >= 11 is 0. The predicted molar refractivity (Wildman–Crippen MR) is 120 cm³/mol. The molecule has 0 aliphatic carbocycles. The van der Waals surface area contributed by atoms with Gasteiger partial charge in [0.15, 0.2) is 23.2 Å². The van der Waals surface area contributed by atoms with Crippen molar-refractivity contribution < 1.29 is 20.1 Å². The number of hydrogen-bond donors (Lipinski definition) is 4. The van der Waals surface area contributed by atoms with Gasteiger partial charge in [0.1, 0.15) is 24.6 Å². The lowest BCUT2D eigenvalue weighted by Crippen LogP contribution is -2.33. The van der Waals surface area contributed by atoms with Crippen LogP contribution in [0.3, 0.4) is 0 Å². The van der Waals surface area contributed by atoms with E-state index in [1.165, 1.54) is 43.9 Å². The van der Waals surface area contributed by atoms with Gasteiger partial charge in [-0.1, -0.05) is 50.5 Å². The Balaban J connectivity index is 1.42. The fourth-order valence-corrected chi connectivity index (χ4v) is 4.04. The largest absolute Gasteiger partial charge is 0.394 e. The smallest absolute Gasteiger partial charge is 0.167 e. The minimum absolute atomic E-state index is 0.388. The monoisotopic (exact) mass is 441 g/mol. The number of aromatic nitrogens is 4. The molecule has 2 aromatic heterocycles. The number of aliphatic hydroxyl groups excluding tert-OH is 3. The zero-order chi connectivity index (χ0) is 22.5. The highest BCUT2D eigenvalue weighted by atomic mass is 16.6. The number of rotatable bonds is 10. The Morgan fingerprint density at radius 2 is 1.78 bits per heavy atom.